The number of benzene rings is 1. The number of pyridine rings is 1. The van der Waals surface area contributed by atoms with E-state index in [-0.39, 0.29) is 0 Å². The summed E-state index contributed by atoms with van der Waals surface area (Å²) in [6.45, 7) is 3.08. The van der Waals surface area contributed by atoms with Crippen LogP contribution in [0.25, 0.3) is 0 Å². The molecule has 0 atom stereocenters. The van der Waals surface area contributed by atoms with E-state index in [0.29, 0.717) is 0 Å². The van der Waals surface area contributed by atoms with E-state index >= 15 is 0 Å². The van der Waals surface area contributed by atoms with Crippen LogP contribution < -0.4 is 5.32 Å². The molecule has 0 aliphatic carbocycles. The van der Waals surface area contributed by atoms with Gasteiger partial charge in [0.15, 0.2) is 0 Å². The molecule has 0 radical (unpaired) electrons. The molecule has 0 aliphatic heterocycles. The van der Waals surface area contributed by atoms with Crippen LogP contribution in [0.1, 0.15) is 5.56 Å². The minimum absolute atomic E-state index is 0.969. The van der Waals surface area contributed by atoms with Crippen molar-refractivity contribution in [2.45, 2.75) is 6.42 Å². The van der Waals surface area contributed by atoms with Gasteiger partial charge in [-0.3, -0.25) is 4.98 Å². The summed E-state index contributed by atoms with van der Waals surface area (Å²) in [5.41, 5.74) is 2.53. The van der Waals surface area contributed by atoms with E-state index in [1.54, 1.807) is 0 Å². The molecule has 2 aromatic rings. The predicted octanol–water partition coefficient (Wildman–Crippen LogP) is 2.67. The summed E-state index contributed by atoms with van der Waals surface area (Å²) >= 11 is 0. The molecule has 0 spiro atoms. The highest BCUT2D eigenvalue weighted by Gasteiger charge is 1.99. The molecular weight excluding hydrogens is 234 g/mol. The van der Waals surface area contributed by atoms with Crippen LogP contribution in [-0.2, 0) is 6.42 Å². The average Bonchev–Trinajstić information content (AvgIpc) is 2.47. The SMILES string of the molecule is CN(CCNc1ccccc1)CCc1ccncc1. The van der Waals surface area contributed by atoms with Gasteiger partial charge >= 0.3 is 0 Å². The van der Waals surface area contributed by atoms with E-state index < -0.39 is 0 Å². The van der Waals surface area contributed by atoms with E-state index in [1.165, 1.54) is 11.3 Å². The fraction of sp³-hybridized carbons (Fsp3) is 0.312. The Kier molecular flexibility index (Phi) is 5.38. The highest BCUT2D eigenvalue weighted by molar-refractivity contribution is 5.42. The van der Waals surface area contributed by atoms with E-state index in [4.69, 9.17) is 0 Å². The topological polar surface area (TPSA) is 28.2 Å². The molecule has 3 nitrogen and oxygen atoms in total. The molecule has 1 aromatic carbocycles. The molecule has 1 aromatic heterocycles. The van der Waals surface area contributed by atoms with Crippen molar-refractivity contribution in [1.82, 2.24) is 9.88 Å². The second-order valence-corrected chi connectivity index (χ2v) is 4.70. The van der Waals surface area contributed by atoms with E-state index in [0.717, 1.165) is 26.1 Å². The number of aromatic nitrogens is 1. The first-order chi connectivity index (χ1) is 9.34. The van der Waals surface area contributed by atoms with Crippen molar-refractivity contribution >= 4 is 5.69 Å². The zero-order valence-corrected chi connectivity index (χ0v) is 11.4. The maximum atomic E-state index is 4.03. The van der Waals surface area contributed by atoms with Gasteiger partial charge in [0.05, 0.1) is 0 Å². The smallest absolute Gasteiger partial charge is 0.0340 e. The first-order valence-electron chi connectivity index (χ1n) is 6.71. The number of nitrogens with one attached hydrogen (secondary N) is 1. The second-order valence-electron chi connectivity index (χ2n) is 4.70. The number of anilines is 1. The molecule has 0 saturated carbocycles. The third-order valence-electron chi connectivity index (χ3n) is 3.13. The van der Waals surface area contributed by atoms with Crippen molar-refractivity contribution in [2.24, 2.45) is 0 Å². The van der Waals surface area contributed by atoms with Gasteiger partial charge in [-0.25, -0.2) is 0 Å². The molecule has 100 valence electrons. The summed E-state index contributed by atoms with van der Waals surface area (Å²) in [5, 5.41) is 3.42. The summed E-state index contributed by atoms with van der Waals surface area (Å²) in [7, 11) is 2.16. The van der Waals surface area contributed by atoms with Gasteiger partial charge in [0.25, 0.3) is 0 Å². The van der Waals surface area contributed by atoms with Crippen molar-refractivity contribution in [3.05, 3.63) is 60.4 Å². The number of para-hydroxylation sites is 1. The van der Waals surface area contributed by atoms with Gasteiger partial charge in [0, 0.05) is 37.7 Å². The number of likely N-dealkylation sites (N-methyl/N-ethyl adjacent to an activating group) is 1. The van der Waals surface area contributed by atoms with Crippen LogP contribution in [0.3, 0.4) is 0 Å². The molecule has 2 rings (SSSR count). The summed E-state index contributed by atoms with van der Waals surface area (Å²) in [4.78, 5) is 6.38. The summed E-state index contributed by atoms with van der Waals surface area (Å²) < 4.78 is 0. The van der Waals surface area contributed by atoms with Crippen LogP contribution in [0.2, 0.25) is 0 Å². The van der Waals surface area contributed by atoms with Gasteiger partial charge in [-0.05, 0) is 43.3 Å². The average molecular weight is 255 g/mol. The van der Waals surface area contributed by atoms with Gasteiger partial charge < -0.3 is 10.2 Å². The van der Waals surface area contributed by atoms with Crippen molar-refractivity contribution in [3.63, 3.8) is 0 Å². The third kappa shape index (κ3) is 5.10. The van der Waals surface area contributed by atoms with Gasteiger partial charge in [-0.1, -0.05) is 18.2 Å². The van der Waals surface area contributed by atoms with E-state index in [1.807, 2.05) is 18.5 Å². The molecule has 0 amide bonds. The van der Waals surface area contributed by atoms with Crippen molar-refractivity contribution in [2.75, 3.05) is 32.0 Å². The molecule has 0 bridgehead atoms. The largest absolute Gasteiger partial charge is 0.384 e. The molecule has 19 heavy (non-hydrogen) atoms. The summed E-state index contributed by atoms with van der Waals surface area (Å²) in [6.07, 6.45) is 4.78. The predicted molar refractivity (Wildman–Crippen MR) is 80.4 cm³/mol. The van der Waals surface area contributed by atoms with Crippen LogP contribution in [0.5, 0.6) is 0 Å². The van der Waals surface area contributed by atoms with Crippen molar-refractivity contribution in [1.29, 1.82) is 0 Å². The fourth-order valence-corrected chi connectivity index (χ4v) is 1.93. The minimum atomic E-state index is 0.969. The lowest BCUT2D eigenvalue weighted by molar-refractivity contribution is 0.351. The number of hydrogen-bond donors (Lipinski definition) is 1. The third-order valence-corrected chi connectivity index (χ3v) is 3.13. The Morgan fingerprint density at radius 2 is 1.74 bits per heavy atom. The Labute approximate surface area is 115 Å². The number of rotatable bonds is 7. The monoisotopic (exact) mass is 255 g/mol. The van der Waals surface area contributed by atoms with Gasteiger partial charge in [-0.2, -0.15) is 0 Å². The highest BCUT2D eigenvalue weighted by Crippen LogP contribution is 2.04. The maximum Gasteiger partial charge on any atom is 0.0340 e. The lowest BCUT2D eigenvalue weighted by Gasteiger charge is -2.17. The first-order valence-corrected chi connectivity index (χ1v) is 6.71. The van der Waals surface area contributed by atoms with Crippen LogP contribution in [0.4, 0.5) is 5.69 Å². The molecule has 0 saturated heterocycles. The maximum absolute atomic E-state index is 4.03. The standard InChI is InChI=1S/C16H21N3/c1-19(13-9-15-7-10-17-11-8-15)14-12-18-16-5-3-2-4-6-16/h2-8,10-11,18H,9,12-14H2,1H3. The van der Waals surface area contributed by atoms with E-state index in [2.05, 4.69) is 58.6 Å². The number of nitrogens with zero attached hydrogens (tertiary/aromatic N) is 2. The molecular formula is C16H21N3. The zero-order valence-electron chi connectivity index (χ0n) is 11.4. The fourth-order valence-electron chi connectivity index (χ4n) is 1.93. The Morgan fingerprint density at radius 3 is 2.47 bits per heavy atom. The Bertz CT molecular complexity index is 456. The van der Waals surface area contributed by atoms with E-state index in [9.17, 15) is 0 Å². The highest BCUT2D eigenvalue weighted by atomic mass is 15.1. The quantitative estimate of drug-likeness (QED) is 0.824. The molecule has 0 aliphatic rings. The van der Waals surface area contributed by atoms with Crippen LogP contribution in [-0.4, -0.2) is 36.6 Å². The summed E-state index contributed by atoms with van der Waals surface area (Å²) in [5.74, 6) is 0. The Balaban J connectivity index is 1.64. The first kappa shape index (κ1) is 13.6. The molecule has 0 unspecified atom stereocenters. The molecule has 0 fully saturated rings. The van der Waals surface area contributed by atoms with Crippen LogP contribution in [0, 0.1) is 0 Å². The second kappa shape index (κ2) is 7.54. The number of hydrogen-bond acceptors (Lipinski definition) is 3. The van der Waals surface area contributed by atoms with Crippen molar-refractivity contribution < 1.29 is 0 Å². The Morgan fingerprint density at radius 1 is 1.00 bits per heavy atom. The Hall–Kier alpha value is -1.87. The van der Waals surface area contributed by atoms with Gasteiger partial charge in [-0.15, -0.1) is 0 Å². The normalized spacial score (nSPS) is 10.6. The van der Waals surface area contributed by atoms with Crippen molar-refractivity contribution in [3.8, 4) is 0 Å². The lowest BCUT2D eigenvalue weighted by Crippen LogP contribution is -2.27. The molecule has 3 heteroatoms. The summed E-state index contributed by atoms with van der Waals surface area (Å²) in [6, 6.07) is 14.5. The van der Waals surface area contributed by atoms with Crippen LogP contribution >= 0.6 is 0 Å². The van der Waals surface area contributed by atoms with Crippen LogP contribution in [0.15, 0.2) is 54.9 Å². The minimum Gasteiger partial charge on any atom is -0.384 e. The van der Waals surface area contributed by atoms with Gasteiger partial charge in [0.2, 0.25) is 0 Å². The molecule has 1 heterocycles. The zero-order chi connectivity index (χ0) is 13.3. The lowest BCUT2D eigenvalue weighted by atomic mass is 10.2. The van der Waals surface area contributed by atoms with Gasteiger partial charge in [0.1, 0.15) is 0 Å². The molecule has 1 N–H and O–H groups in total.